The zero-order valence-electron chi connectivity index (χ0n) is 5.47. The number of hydrogen-bond donors (Lipinski definition) is 0. The number of halogens is 2. The smallest absolute Gasteiger partial charge is 0.229 e. The van der Waals surface area contributed by atoms with Gasteiger partial charge in [0.25, 0.3) is 6.08 Å². The molecule has 5 heteroatoms. The van der Waals surface area contributed by atoms with Crippen LogP contribution in [-0.4, -0.2) is 19.9 Å². The van der Waals surface area contributed by atoms with E-state index in [1.54, 1.807) is 0 Å². The van der Waals surface area contributed by atoms with Gasteiger partial charge in [-0.3, -0.25) is 0 Å². The lowest BCUT2D eigenvalue weighted by atomic mass is 10.7. The Bertz CT molecular complexity index is 214. The Morgan fingerprint density at radius 2 is 2.00 bits per heavy atom. The molecular weight excluding hydrogens is 162 g/mol. The molecule has 10 heavy (non-hydrogen) atoms. The average molecular weight is 170 g/mol. The Balaban J connectivity index is 4.06. The normalized spacial score (nSPS) is 11.1. The van der Waals surface area contributed by atoms with Crippen molar-refractivity contribution < 1.29 is 17.2 Å². The lowest BCUT2D eigenvalue weighted by molar-refractivity contribution is 0.420. The zero-order valence-corrected chi connectivity index (χ0v) is 6.29. The van der Waals surface area contributed by atoms with Gasteiger partial charge in [0.05, 0.1) is 5.75 Å². The number of sulfone groups is 1. The Hall–Kier alpha value is -0.450. The van der Waals surface area contributed by atoms with E-state index in [1.807, 2.05) is 0 Å². The molecule has 0 spiro atoms. The first-order valence-electron chi connectivity index (χ1n) is 2.69. The third-order valence-corrected chi connectivity index (χ3v) is 2.49. The zero-order chi connectivity index (χ0) is 8.20. The molecule has 2 nitrogen and oxygen atoms in total. The number of rotatable bonds is 3. The highest BCUT2D eigenvalue weighted by molar-refractivity contribution is 7.91. The minimum absolute atomic E-state index is 0.100. The topological polar surface area (TPSA) is 34.1 Å². The fourth-order valence-electron chi connectivity index (χ4n) is 0.308. The molecule has 0 fully saturated rings. The van der Waals surface area contributed by atoms with Crippen LogP contribution in [0.5, 0.6) is 0 Å². The molecule has 0 aliphatic heterocycles. The predicted octanol–water partition coefficient (Wildman–Crippen LogP) is 1.20. The summed E-state index contributed by atoms with van der Waals surface area (Å²) in [7, 11) is -3.27. The summed E-state index contributed by atoms with van der Waals surface area (Å²) in [6.45, 7) is 1.42. The second-order valence-electron chi connectivity index (χ2n) is 1.69. The van der Waals surface area contributed by atoms with Crippen LogP contribution in [0.4, 0.5) is 8.78 Å². The molecule has 0 radical (unpaired) electrons. The van der Waals surface area contributed by atoms with Gasteiger partial charge in [0.15, 0.2) is 9.84 Å². The maximum absolute atomic E-state index is 11.3. The quantitative estimate of drug-likeness (QED) is 0.637. The molecule has 60 valence electrons. The summed E-state index contributed by atoms with van der Waals surface area (Å²) < 4.78 is 43.6. The summed E-state index contributed by atoms with van der Waals surface area (Å²) in [5.41, 5.74) is 0. The Labute approximate surface area is 58.5 Å². The molecule has 0 atom stereocenters. The van der Waals surface area contributed by atoms with E-state index in [9.17, 15) is 17.2 Å². The lowest BCUT2D eigenvalue weighted by Gasteiger charge is -1.91. The van der Waals surface area contributed by atoms with E-state index in [-0.39, 0.29) is 5.75 Å². The van der Waals surface area contributed by atoms with Crippen molar-refractivity contribution in [2.75, 3.05) is 11.5 Å². The minimum atomic E-state index is -3.27. The van der Waals surface area contributed by atoms with Crippen LogP contribution in [0.3, 0.4) is 0 Å². The second-order valence-corrected chi connectivity index (χ2v) is 4.09. The van der Waals surface area contributed by atoms with Crippen LogP contribution in [0.15, 0.2) is 12.2 Å². The standard InChI is InChI=1S/C5H8F2O2S/c1-2-10(8,9)4-3-5(6)7/h3H,2,4H2,1H3. The van der Waals surface area contributed by atoms with Gasteiger partial charge in [-0.05, 0) is 6.08 Å². The summed E-state index contributed by atoms with van der Waals surface area (Å²) in [6.07, 6.45) is -1.55. The minimum Gasteiger partial charge on any atom is -0.229 e. The van der Waals surface area contributed by atoms with Gasteiger partial charge in [-0.2, -0.15) is 8.78 Å². The van der Waals surface area contributed by atoms with Crippen LogP contribution in [-0.2, 0) is 9.84 Å². The first kappa shape index (κ1) is 9.55. The maximum atomic E-state index is 11.3. The van der Waals surface area contributed by atoms with Gasteiger partial charge in [0.2, 0.25) is 0 Å². The monoisotopic (exact) mass is 170 g/mol. The van der Waals surface area contributed by atoms with Crippen molar-refractivity contribution in [1.29, 1.82) is 0 Å². The van der Waals surface area contributed by atoms with Crippen molar-refractivity contribution >= 4 is 9.84 Å². The average Bonchev–Trinajstić information content (AvgIpc) is 1.85. The van der Waals surface area contributed by atoms with Crippen LogP contribution in [0, 0.1) is 0 Å². The highest BCUT2D eigenvalue weighted by atomic mass is 32.2. The first-order chi connectivity index (χ1) is 4.48. The van der Waals surface area contributed by atoms with Gasteiger partial charge >= 0.3 is 0 Å². The van der Waals surface area contributed by atoms with E-state index in [4.69, 9.17) is 0 Å². The third kappa shape index (κ3) is 4.43. The molecule has 0 aromatic heterocycles. The molecule has 0 aliphatic carbocycles. The van der Waals surface area contributed by atoms with Crippen molar-refractivity contribution in [3.05, 3.63) is 12.2 Å². The molecule has 0 saturated carbocycles. The van der Waals surface area contributed by atoms with Crippen molar-refractivity contribution in [2.45, 2.75) is 6.92 Å². The van der Waals surface area contributed by atoms with E-state index in [1.165, 1.54) is 6.92 Å². The summed E-state index contributed by atoms with van der Waals surface area (Å²) in [5.74, 6) is -0.664. The Morgan fingerprint density at radius 3 is 2.30 bits per heavy atom. The van der Waals surface area contributed by atoms with Crippen molar-refractivity contribution in [3.8, 4) is 0 Å². The molecule has 0 aromatic rings. The first-order valence-corrected chi connectivity index (χ1v) is 4.51. The molecule has 0 unspecified atom stereocenters. The molecule has 0 aliphatic rings. The van der Waals surface area contributed by atoms with Gasteiger partial charge in [-0.1, -0.05) is 6.92 Å². The van der Waals surface area contributed by atoms with Crippen LogP contribution < -0.4 is 0 Å². The molecule has 0 heterocycles. The van der Waals surface area contributed by atoms with Gasteiger partial charge in [-0.25, -0.2) is 8.42 Å². The fourth-order valence-corrected chi connectivity index (χ4v) is 0.923. The third-order valence-electron chi connectivity index (χ3n) is 0.931. The van der Waals surface area contributed by atoms with Gasteiger partial charge in [0, 0.05) is 5.75 Å². The molecule has 0 saturated heterocycles. The summed E-state index contributed by atoms with van der Waals surface area (Å²) in [6, 6.07) is 0. The highest BCUT2D eigenvalue weighted by Crippen LogP contribution is 1.98. The molecule has 0 rings (SSSR count). The van der Waals surface area contributed by atoms with E-state index < -0.39 is 21.7 Å². The van der Waals surface area contributed by atoms with Crippen LogP contribution in [0.25, 0.3) is 0 Å². The van der Waals surface area contributed by atoms with Crippen LogP contribution in [0.1, 0.15) is 6.92 Å². The predicted molar refractivity (Wildman–Crippen MR) is 34.6 cm³/mol. The molecule has 0 bridgehead atoms. The van der Waals surface area contributed by atoms with Crippen LogP contribution >= 0.6 is 0 Å². The summed E-state index contributed by atoms with van der Waals surface area (Å²) in [5, 5.41) is 0. The van der Waals surface area contributed by atoms with Crippen LogP contribution in [0.2, 0.25) is 0 Å². The summed E-state index contributed by atoms with van der Waals surface area (Å²) in [4.78, 5) is 0. The summed E-state index contributed by atoms with van der Waals surface area (Å²) >= 11 is 0. The van der Waals surface area contributed by atoms with E-state index >= 15 is 0 Å². The highest BCUT2D eigenvalue weighted by Gasteiger charge is 2.04. The van der Waals surface area contributed by atoms with Gasteiger partial charge in [-0.15, -0.1) is 0 Å². The maximum Gasteiger partial charge on any atom is 0.267 e. The van der Waals surface area contributed by atoms with E-state index in [0.717, 1.165) is 0 Å². The van der Waals surface area contributed by atoms with E-state index in [2.05, 4.69) is 0 Å². The molecule has 0 amide bonds. The van der Waals surface area contributed by atoms with E-state index in [0.29, 0.717) is 6.08 Å². The fraction of sp³-hybridized carbons (Fsp3) is 0.600. The second kappa shape index (κ2) is 3.65. The largest absolute Gasteiger partial charge is 0.267 e. The van der Waals surface area contributed by atoms with Gasteiger partial charge < -0.3 is 0 Å². The van der Waals surface area contributed by atoms with Gasteiger partial charge in [0.1, 0.15) is 0 Å². The van der Waals surface area contributed by atoms with Crippen molar-refractivity contribution in [2.24, 2.45) is 0 Å². The molecule has 0 N–H and O–H groups in total. The Morgan fingerprint density at radius 1 is 1.50 bits per heavy atom. The lowest BCUT2D eigenvalue weighted by Crippen LogP contribution is -2.06. The molecule has 0 aromatic carbocycles. The number of hydrogen-bond acceptors (Lipinski definition) is 2. The van der Waals surface area contributed by atoms with Crippen molar-refractivity contribution in [3.63, 3.8) is 0 Å². The SMILES string of the molecule is CCS(=O)(=O)CC=C(F)F. The molecular formula is C5H8F2O2S. The van der Waals surface area contributed by atoms with Crippen molar-refractivity contribution in [1.82, 2.24) is 0 Å². The Kier molecular flexibility index (Phi) is 3.49.